The predicted octanol–water partition coefficient (Wildman–Crippen LogP) is 4.14. The zero-order chi connectivity index (χ0) is 31.7. The number of aromatic nitrogens is 3. The van der Waals surface area contributed by atoms with E-state index in [2.05, 4.69) is 62.5 Å². The zero-order valence-electron chi connectivity index (χ0n) is 27.2. The minimum atomic E-state index is -0.640. The van der Waals surface area contributed by atoms with Gasteiger partial charge in [0.15, 0.2) is 17.3 Å². The van der Waals surface area contributed by atoms with E-state index in [9.17, 15) is 4.79 Å². The minimum Gasteiger partial charge on any atom is -0.381 e. The number of pyridine rings is 1. The number of nitrogens with two attached hydrogens (primary N) is 1. The molecule has 244 valence electrons. The molecule has 1 unspecified atom stereocenters. The fourth-order valence-corrected chi connectivity index (χ4v) is 7.45. The molecule has 1 spiro atoms. The highest BCUT2D eigenvalue weighted by Gasteiger charge is 2.51. The van der Waals surface area contributed by atoms with Crippen LogP contribution in [0.1, 0.15) is 55.1 Å². The second-order valence-corrected chi connectivity index (χ2v) is 13.5. The van der Waals surface area contributed by atoms with Crippen LogP contribution in [0.25, 0.3) is 11.4 Å². The van der Waals surface area contributed by atoms with Crippen molar-refractivity contribution in [3.8, 4) is 11.4 Å². The van der Waals surface area contributed by atoms with Gasteiger partial charge in [-0.3, -0.25) is 14.7 Å². The smallest absolute Gasteiger partial charge is 0.271 e. The lowest BCUT2D eigenvalue weighted by molar-refractivity contribution is 0.0351. The molecule has 3 aliphatic heterocycles. The molecule has 1 aliphatic carbocycles. The largest absolute Gasteiger partial charge is 0.381 e. The van der Waals surface area contributed by atoms with Gasteiger partial charge in [-0.15, -0.1) is 0 Å². The third kappa shape index (κ3) is 6.41. The summed E-state index contributed by atoms with van der Waals surface area (Å²) in [4.78, 5) is 34.7. The van der Waals surface area contributed by atoms with Gasteiger partial charge in [-0.1, -0.05) is 13.0 Å². The molecular formula is C35H47N9O2. The summed E-state index contributed by atoms with van der Waals surface area (Å²) in [7, 11) is 2.22. The number of hydrogen-bond donors (Lipinski definition) is 3. The molecule has 7 rings (SSSR count). The highest BCUT2D eigenvalue weighted by atomic mass is 16.5. The maximum atomic E-state index is 12.8. The number of amides is 1. The van der Waals surface area contributed by atoms with Crippen molar-refractivity contribution in [2.75, 3.05) is 75.1 Å². The Hall–Kier alpha value is -3.80. The number of nitrogens with one attached hydrogen (secondary N) is 2. The summed E-state index contributed by atoms with van der Waals surface area (Å²) in [5.74, 6) is 0.299. The van der Waals surface area contributed by atoms with Crippen LogP contribution in [-0.4, -0.2) is 102 Å². The van der Waals surface area contributed by atoms with E-state index in [1.54, 1.807) is 6.20 Å². The van der Waals surface area contributed by atoms with Gasteiger partial charge in [0.2, 0.25) is 0 Å². The van der Waals surface area contributed by atoms with Crippen LogP contribution in [-0.2, 0) is 11.2 Å². The molecule has 11 nitrogen and oxygen atoms in total. The number of rotatable bonds is 9. The minimum absolute atomic E-state index is 0.0902. The van der Waals surface area contributed by atoms with Crippen molar-refractivity contribution in [1.82, 2.24) is 24.8 Å². The topological polar surface area (TPSA) is 125 Å². The van der Waals surface area contributed by atoms with Crippen molar-refractivity contribution in [3.05, 3.63) is 53.9 Å². The number of benzene rings is 1. The fraction of sp³-hybridized carbons (Fsp3) is 0.543. The first kappa shape index (κ1) is 30.8. The van der Waals surface area contributed by atoms with Crippen molar-refractivity contribution in [1.29, 1.82) is 0 Å². The van der Waals surface area contributed by atoms with Crippen molar-refractivity contribution in [3.63, 3.8) is 0 Å². The lowest BCUT2D eigenvalue weighted by Gasteiger charge is -2.43. The summed E-state index contributed by atoms with van der Waals surface area (Å²) in [6.07, 6.45) is 8.14. The molecular weight excluding hydrogens is 578 g/mol. The normalized spacial score (nSPS) is 22.1. The lowest BCUT2D eigenvalue weighted by atomic mass is 9.92. The third-order valence-corrected chi connectivity index (χ3v) is 10.5. The Kier molecular flexibility index (Phi) is 8.80. The number of piperazine rings is 1. The predicted molar refractivity (Wildman–Crippen MR) is 182 cm³/mol. The number of anilines is 4. The molecule has 1 atom stereocenters. The molecule has 4 fully saturated rings. The van der Waals surface area contributed by atoms with Crippen LogP contribution >= 0.6 is 0 Å². The molecule has 0 bridgehead atoms. The lowest BCUT2D eigenvalue weighted by Crippen LogP contribution is -2.52. The molecule has 2 aromatic heterocycles. The SMILES string of the molecule is CCc1cc(Nc2nc(NC3CCOCC34CC4)c(-c3ccccn3)nc2C(N)=O)ccc1N1CCC(N2CCN(C)CC2)CC1. The number of likely N-dealkylation sites (N-methyl/N-ethyl adjacent to an activating group) is 1. The second kappa shape index (κ2) is 13.1. The first-order chi connectivity index (χ1) is 22.4. The van der Waals surface area contributed by atoms with Crippen LogP contribution in [0.3, 0.4) is 0 Å². The van der Waals surface area contributed by atoms with E-state index in [0.29, 0.717) is 35.7 Å². The number of piperidine rings is 1. The van der Waals surface area contributed by atoms with Crippen LogP contribution in [0.5, 0.6) is 0 Å². The Balaban J connectivity index is 1.14. The fourth-order valence-electron chi connectivity index (χ4n) is 7.45. The molecule has 4 N–H and O–H groups in total. The van der Waals surface area contributed by atoms with Crippen LogP contribution in [0.2, 0.25) is 0 Å². The molecule has 11 heteroatoms. The molecule has 4 aliphatic rings. The number of primary amides is 1. The number of ether oxygens (including phenoxy) is 1. The number of carbonyl (C=O) groups is 1. The Morgan fingerprint density at radius 3 is 2.52 bits per heavy atom. The van der Waals surface area contributed by atoms with E-state index in [4.69, 9.17) is 20.4 Å². The van der Waals surface area contributed by atoms with Gasteiger partial charge in [0.1, 0.15) is 5.69 Å². The van der Waals surface area contributed by atoms with E-state index in [0.717, 1.165) is 64.2 Å². The summed E-state index contributed by atoms with van der Waals surface area (Å²) >= 11 is 0. The van der Waals surface area contributed by atoms with E-state index >= 15 is 0 Å². The molecule has 3 aromatic rings. The van der Waals surface area contributed by atoms with E-state index in [-0.39, 0.29) is 17.2 Å². The number of hydrogen-bond acceptors (Lipinski definition) is 10. The summed E-state index contributed by atoms with van der Waals surface area (Å²) in [5, 5.41) is 7.12. The number of carbonyl (C=O) groups excluding carboxylic acids is 1. The van der Waals surface area contributed by atoms with Gasteiger partial charge in [-0.05, 0) is 81.5 Å². The number of nitrogens with zero attached hydrogens (tertiary/aromatic N) is 6. The Morgan fingerprint density at radius 1 is 1.02 bits per heavy atom. The van der Waals surface area contributed by atoms with Crippen LogP contribution in [0.15, 0.2) is 42.6 Å². The zero-order valence-corrected chi connectivity index (χ0v) is 27.2. The van der Waals surface area contributed by atoms with Crippen LogP contribution < -0.4 is 21.3 Å². The summed E-state index contributed by atoms with van der Waals surface area (Å²) in [6.45, 7) is 10.4. The van der Waals surface area contributed by atoms with Crippen molar-refractivity contribution < 1.29 is 9.53 Å². The summed E-state index contributed by atoms with van der Waals surface area (Å²) in [6, 6.07) is 13.0. The Labute approximate surface area is 271 Å². The van der Waals surface area contributed by atoms with Crippen molar-refractivity contribution >= 4 is 28.9 Å². The van der Waals surface area contributed by atoms with E-state index < -0.39 is 5.91 Å². The second-order valence-electron chi connectivity index (χ2n) is 13.5. The Bertz CT molecular complexity index is 1530. The van der Waals surface area contributed by atoms with E-state index in [1.807, 2.05) is 18.2 Å². The van der Waals surface area contributed by atoms with Gasteiger partial charge in [0, 0.05) is 80.9 Å². The van der Waals surface area contributed by atoms with Gasteiger partial charge in [-0.25, -0.2) is 9.97 Å². The van der Waals surface area contributed by atoms with Crippen molar-refractivity contribution in [2.45, 2.75) is 57.5 Å². The van der Waals surface area contributed by atoms with Crippen LogP contribution in [0, 0.1) is 5.41 Å². The van der Waals surface area contributed by atoms with Gasteiger partial charge < -0.3 is 30.9 Å². The standard InChI is InChI=1S/C35H47N9O2/c1-3-24-22-25(7-8-28(24)44-15-9-26(10-16-44)43-19-17-42(2)18-20-43)38-34-31(32(36)45)40-30(27-6-4-5-14-37-27)33(41-34)39-29-11-21-46-23-35(29)12-13-35/h4-8,14,22,26,29H,3,9-13,15-21,23H2,1-2H3,(H2,36,45)(H2,38,39,41). The highest BCUT2D eigenvalue weighted by molar-refractivity contribution is 5.97. The average Bonchev–Trinajstić information content (AvgIpc) is 3.86. The molecule has 1 amide bonds. The number of aryl methyl sites for hydroxylation is 1. The maximum absolute atomic E-state index is 12.8. The first-order valence-electron chi connectivity index (χ1n) is 17.0. The van der Waals surface area contributed by atoms with E-state index in [1.165, 1.54) is 37.2 Å². The monoisotopic (exact) mass is 625 g/mol. The Morgan fingerprint density at radius 2 is 1.83 bits per heavy atom. The summed E-state index contributed by atoms with van der Waals surface area (Å²) < 4.78 is 5.83. The molecule has 0 radical (unpaired) electrons. The molecule has 5 heterocycles. The molecule has 1 aromatic carbocycles. The highest BCUT2D eigenvalue weighted by Crippen LogP contribution is 2.52. The third-order valence-electron chi connectivity index (χ3n) is 10.5. The van der Waals surface area contributed by atoms with Gasteiger partial charge in [0.05, 0.1) is 12.3 Å². The quantitative estimate of drug-likeness (QED) is 0.320. The summed E-state index contributed by atoms with van der Waals surface area (Å²) in [5.41, 5.74) is 10.7. The van der Waals surface area contributed by atoms with Gasteiger partial charge in [-0.2, -0.15) is 0 Å². The van der Waals surface area contributed by atoms with Crippen molar-refractivity contribution in [2.24, 2.45) is 11.1 Å². The molecule has 46 heavy (non-hydrogen) atoms. The molecule has 1 saturated carbocycles. The maximum Gasteiger partial charge on any atom is 0.271 e. The average molecular weight is 626 g/mol. The van der Waals surface area contributed by atoms with Gasteiger partial charge in [0.25, 0.3) is 5.91 Å². The van der Waals surface area contributed by atoms with Crippen LogP contribution in [0.4, 0.5) is 23.0 Å². The molecule has 3 saturated heterocycles. The first-order valence-corrected chi connectivity index (χ1v) is 17.0. The van der Waals surface area contributed by atoms with Gasteiger partial charge >= 0.3 is 0 Å².